The van der Waals surface area contributed by atoms with Crippen molar-refractivity contribution in [1.82, 2.24) is 5.32 Å². The number of amides is 1. The molecule has 0 spiro atoms. The molecule has 2 N–H and O–H groups in total. The molecule has 0 aromatic heterocycles. The molecule has 3 rings (SSSR count). The highest BCUT2D eigenvalue weighted by molar-refractivity contribution is 5.77. The van der Waals surface area contributed by atoms with Crippen molar-refractivity contribution in [2.45, 2.75) is 32.3 Å². The minimum atomic E-state index is -0.173. The maximum absolute atomic E-state index is 11.4. The molecule has 1 amide bonds. The highest BCUT2D eigenvalue weighted by atomic mass is 16.5. The number of aliphatic hydroxyl groups is 1. The van der Waals surface area contributed by atoms with E-state index in [1.807, 2.05) is 13.8 Å². The lowest BCUT2D eigenvalue weighted by atomic mass is 9.63. The first kappa shape index (κ1) is 10.9. The van der Waals surface area contributed by atoms with Gasteiger partial charge in [-0.15, -0.1) is 0 Å². The Morgan fingerprint density at radius 3 is 2.67 bits per heavy atom. The van der Waals surface area contributed by atoms with Gasteiger partial charge < -0.3 is 15.2 Å². The summed E-state index contributed by atoms with van der Waals surface area (Å²) in [6.45, 7) is 5.18. The van der Waals surface area contributed by atoms with Crippen LogP contribution in [0.4, 0.5) is 0 Å². The van der Waals surface area contributed by atoms with E-state index in [2.05, 4.69) is 5.32 Å². The lowest BCUT2D eigenvalue weighted by Crippen LogP contribution is -2.53. The zero-order valence-electron chi connectivity index (χ0n) is 9.38. The maximum atomic E-state index is 11.4. The smallest absolute Gasteiger partial charge is 0.222 e. The Morgan fingerprint density at radius 1 is 1.53 bits per heavy atom. The molecule has 1 aliphatic carbocycles. The number of aliphatic hydroxyl groups excluding tert-OH is 1. The summed E-state index contributed by atoms with van der Waals surface area (Å²) in [6, 6.07) is 0. The molecule has 3 fully saturated rings. The van der Waals surface area contributed by atoms with E-state index >= 15 is 0 Å². The van der Waals surface area contributed by atoms with Crippen LogP contribution in [0.2, 0.25) is 0 Å². The minimum absolute atomic E-state index is 0.00254. The van der Waals surface area contributed by atoms with E-state index in [0.29, 0.717) is 13.2 Å². The van der Waals surface area contributed by atoms with Crippen LogP contribution in [0.25, 0.3) is 0 Å². The number of ether oxygens (including phenoxy) is 1. The van der Waals surface area contributed by atoms with E-state index in [1.165, 1.54) is 0 Å². The van der Waals surface area contributed by atoms with Crippen LogP contribution in [0.5, 0.6) is 0 Å². The van der Waals surface area contributed by atoms with Gasteiger partial charge in [0.2, 0.25) is 5.91 Å². The van der Waals surface area contributed by atoms with Gasteiger partial charge in [-0.2, -0.15) is 0 Å². The number of hydrogen-bond donors (Lipinski definition) is 2. The summed E-state index contributed by atoms with van der Waals surface area (Å²) in [5.74, 6) is 0.0897. The van der Waals surface area contributed by atoms with Gasteiger partial charge >= 0.3 is 0 Å². The molecule has 2 aliphatic heterocycles. The molecule has 0 atom stereocenters. The number of fused-ring (bicyclic) bond motifs is 1. The minimum Gasteiger partial charge on any atom is -0.396 e. The standard InChI is InChI=1S/C11H19NO3/c1-8(2)9(14)12-5-11-3-10(4-11,6-13)7-15-11/h8,13H,3-7H2,1-2H3,(H,12,14). The van der Waals surface area contributed by atoms with E-state index in [0.717, 1.165) is 12.8 Å². The third-order valence-electron chi connectivity index (χ3n) is 3.52. The van der Waals surface area contributed by atoms with Crippen molar-refractivity contribution in [3.05, 3.63) is 0 Å². The van der Waals surface area contributed by atoms with Crippen molar-refractivity contribution in [2.75, 3.05) is 19.8 Å². The van der Waals surface area contributed by atoms with Gasteiger partial charge in [0.05, 0.1) is 18.8 Å². The maximum Gasteiger partial charge on any atom is 0.222 e. The van der Waals surface area contributed by atoms with Crippen molar-refractivity contribution in [3.8, 4) is 0 Å². The zero-order chi connectivity index (χ0) is 11.1. The van der Waals surface area contributed by atoms with Crippen molar-refractivity contribution in [3.63, 3.8) is 0 Å². The molecule has 15 heavy (non-hydrogen) atoms. The molecule has 0 radical (unpaired) electrons. The second kappa shape index (κ2) is 3.46. The second-order valence-corrected chi connectivity index (χ2v) is 5.36. The summed E-state index contributed by atoms with van der Waals surface area (Å²) >= 11 is 0. The summed E-state index contributed by atoms with van der Waals surface area (Å²) in [7, 11) is 0. The Kier molecular flexibility index (Phi) is 2.51. The van der Waals surface area contributed by atoms with Crippen molar-refractivity contribution in [2.24, 2.45) is 11.3 Å². The van der Waals surface area contributed by atoms with E-state index in [1.54, 1.807) is 0 Å². The third-order valence-corrected chi connectivity index (χ3v) is 3.52. The molecular formula is C11H19NO3. The molecule has 4 heteroatoms. The summed E-state index contributed by atoms with van der Waals surface area (Å²) in [4.78, 5) is 11.4. The van der Waals surface area contributed by atoms with Gasteiger partial charge in [-0.1, -0.05) is 13.8 Å². The molecule has 1 saturated carbocycles. The fourth-order valence-corrected chi connectivity index (χ4v) is 2.61. The Balaban J connectivity index is 1.81. The van der Waals surface area contributed by atoms with Crippen LogP contribution < -0.4 is 5.32 Å². The molecule has 0 aromatic carbocycles. The largest absolute Gasteiger partial charge is 0.396 e. The quantitative estimate of drug-likeness (QED) is 0.706. The van der Waals surface area contributed by atoms with Crippen LogP contribution in [-0.2, 0) is 9.53 Å². The van der Waals surface area contributed by atoms with Crippen LogP contribution in [0.1, 0.15) is 26.7 Å². The van der Waals surface area contributed by atoms with E-state index in [-0.39, 0.29) is 29.4 Å². The molecule has 4 nitrogen and oxygen atoms in total. The average molecular weight is 213 g/mol. The van der Waals surface area contributed by atoms with Gasteiger partial charge in [0.25, 0.3) is 0 Å². The van der Waals surface area contributed by atoms with Crippen molar-refractivity contribution >= 4 is 5.91 Å². The number of carbonyl (C=O) groups excluding carboxylic acids is 1. The van der Waals surface area contributed by atoms with Gasteiger partial charge in [0, 0.05) is 17.9 Å². The molecule has 0 unspecified atom stereocenters. The van der Waals surface area contributed by atoms with Crippen molar-refractivity contribution in [1.29, 1.82) is 0 Å². The lowest BCUT2D eigenvalue weighted by molar-refractivity contribution is -0.126. The Morgan fingerprint density at radius 2 is 2.20 bits per heavy atom. The predicted molar refractivity (Wildman–Crippen MR) is 55.3 cm³/mol. The van der Waals surface area contributed by atoms with Crippen molar-refractivity contribution < 1.29 is 14.6 Å². The van der Waals surface area contributed by atoms with Gasteiger partial charge in [-0.3, -0.25) is 4.79 Å². The molecule has 0 aromatic rings. The molecule has 2 bridgehead atoms. The molecule has 3 aliphatic rings. The Bertz CT molecular complexity index is 269. The SMILES string of the molecule is CC(C)C(=O)NCC12CC(CO)(CO1)C2. The molecule has 86 valence electrons. The highest BCUT2D eigenvalue weighted by Crippen LogP contribution is 2.57. The monoisotopic (exact) mass is 213 g/mol. The Labute approximate surface area is 90.0 Å². The number of nitrogens with one attached hydrogen (secondary N) is 1. The summed E-state index contributed by atoms with van der Waals surface area (Å²) in [5, 5.41) is 12.1. The van der Waals surface area contributed by atoms with Crippen LogP contribution in [0, 0.1) is 11.3 Å². The molecular weight excluding hydrogens is 194 g/mol. The third kappa shape index (κ3) is 1.76. The first-order valence-corrected chi connectivity index (χ1v) is 5.53. The zero-order valence-corrected chi connectivity index (χ0v) is 9.38. The normalized spacial score (nSPS) is 37.9. The summed E-state index contributed by atoms with van der Waals surface area (Å²) in [5.41, 5.74) is -0.171. The predicted octanol–water partition coefficient (Wildman–Crippen LogP) is 0.300. The number of hydrogen-bond acceptors (Lipinski definition) is 3. The topological polar surface area (TPSA) is 58.6 Å². The highest BCUT2D eigenvalue weighted by Gasteiger charge is 2.61. The lowest BCUT2D eigenvalue weighted by Gasteiger charge is -2.43. The fourth-order valence-electron chi connectivity index (χ4n) is 2.61. The van der Waals surface area contributed by atoms with E-state index in [9.17, 15) is 9.90 Å². The second-order valence-electron chi connectivity index (χ2n) is 5.36. The average Bonchev–Trinajstić information content (AvgIpc) is 2.69. The van der Waals surface area contributed by atoms with E-state index < -0.39 is 0 Å². The summed E-state index contributed by atoms with van der Waals surface area (Å²) < 4.78 is 5.66. The molecule has 2 heterocycles. The van der Waals surface area contributed by atoms with Gasteiger partial charge in [-0.25, -0.2) is 0 Å². The van der Waals surface area contributed by atoms with Gasteiger partial charge in [0.15, 0.2) is 0 Å². The van der Waals surface area contributed by atoms with Gasteiger partial charge in [0.1, 0.15) is 0 Å². The van der Waals surface area contributed by atoms with E-state index in [4.69, 9.17) is 4.74 Å². The van der Waals surface area contributed by atoms with Crippen LogP contribution in [0.15, 0.2) is 0 Å². The number of carbonyl (C=O) groups is 1. The number of rotatable bonds is 4. The fraction of sp³-hybridized carbons (Fsp3) is 0.909. The molecule has 2 saturated heterocycles. The first-order valence-electron chi connectivity index (χ1n) is 5.53. The van der Waals surface area contributed by atoms with Gasteiger partial charge in [-0.05, 0) is 12.8 Å². The van der Waals surface area contributed by atoms with Crippen LogP contribution >= 0.6 is 0 Å². The summed E-state index contributed by atoms with van der Waals surface area (Å²) in [6.07, 6.45) is 1.77. The van der Waals surface area contributed by atoms with Crippen LogP contribution in [-0.4, -0.2) is 36.4 Å². The first-order chi connectivity index (χ1) is 7.01. The van der Waals surface area contributed by atoms with Crippen LogP contribution in [0.3, 0.4) is 0 Å². The Hall–Kier alpha value is -0.610.